The predicted octanol–water partition coefficient (Wildman–Crippen LogP) is 2.46. The maximum absolute atomic E-state index is 10.6. The van der Waals surface area contributed by atoms with Crippen LogP contribution in [0.15, 0.2) is 12.3 Å². The zero-order valence-electron chi connectivity index (χ0n) is 9.68. The molecule has 5 nitrogen and oxygen atoms in total. The molecule has 2 heterocycles. The first-order chi connectivity index (χ1) is 8.16. The van der Waals surface area contributed by atoms with E-state index in [1.54, 1.807) is 6.07 Å². The Kier molecular flexibility index (Phi) is 3.83. The van der Waals surface area contributed by atoms with E-state index in [4.69, 9.17) is 0 Å². The summed E-state index contributed by atoms with van der Waals surface area (Å²) >= 11 is 1.98. The lowest BCUT2D eigenvalue weighted by atomic mass is 10.1. The number of nitro groups is 1. The van der Waals surface area contributed by atoms with Crippen molar-refractivity contribution < 1.29 is 4.92 Å². The van der Waals surface area contributed by atoms with E-state index < -0.39 is 4.92 Å². The van der Waals surface area contributed by atoms with Crippen LogP contribution < -0.4 is 5.32 Å². The van der Waals surface area contributed by atoms with Crippen LogP contribution in [-0.2, 0) is 0 Å². The van der Waals surface area contributed by atoms with Crippen LogP contribution in [0.2, 0.25) is 0 Å². The number of nitrogens with zero attached hydrogens (tertiary/aromatic N) is 2. The third kappa shape index (κ3) is 3.09. The molecule has 0 spiro atoms. The largest absolute Gasteiger partial charge is 0.370 e. The molecule has 0 amide bonds. The Morgan fingerprint density at radius 1 is 1.71 bits per heavy atom. The quantitative estimate of drug-likeness (QED) is 0.659. The fourth-order valence-electron chi connectivity index (χ4n) is 1.83. The molecule has 1 aromatic heterocycles. The number of aryl methyl sites for hydroxylation is 1. The highest BCUT2D eigenvalue weighted by Gasteiger charge is 2.16. The summed E-state index contributed by atoms with van der Waals surface area (Å²) in [7, 11) is 0. The molecule has 0 aliphatic carbocycles. The van der Waals surface area contributed by atoms with E-state index in [1.165, 1.54) is 24.1 Å². The molecule has 0 bridgehead atoms. The average Bonchev–Trinajstić information content (AvgIpc) is 2.80. The van der Waals surface area contributed by atoms with E-state index in [1.807, 2.05) is 18.7 Å². The maximum Gasteiger partial charge on any atom is 0.287 e. The van der Waals surface area contributed by atoms with Crippen molar-refractivity contribution in [2.24, 2.45) is 5.92 Å². The van der Waals surface area contributed by atoms with Crippen molar-refractivity contribution in [3.05, 3.63) is 27.9 Å². The molecule has 1 saturated heterocycles. The summed E-state index contributed by atoms with van der Waals surface area (Å²) in [5.74, 6) is 3.88. The standard InChI is InChI=1S/C11H15N3O2S/c1-8-4-10(14(15)16)6-13-11(8)12-5-9-2-3-17-7-9/h4,6,9H,2-3,5,7H2,1H3,(H,12,13). The van der Waals surface area contributed by atoms with E-state index in [9.17, 15) is 10.1 Å². The van der Waals surface area contributed by atoms with Crippen molar-refractivity contribution in [2.75, 3.05) is 23.4 Å². The molecule has 0 saturated carbocycles. The van der Waals surface area contributed by atoms with Crippen molar-refractivity contribution in [1.82, 2.24) is 4.98 Å². The van der Waals surface area contributed by atoms with Crippen molar-refractivity contribution in [2.45, 2.75) is 13.3 Å². The van der Waals surface area contributed by atoms with Gasteiger partial charge in [-0.05, 0) is 36.3 Å². The molecule has 17 heavy (non-hydrogen) atoms. The molecule has 92 valence electrons. The number of hydrogen-bond donors (Lipinski definition) is 1. The molecule has 1 N–H and O–H groups in total. The number of nitrogens with one attached hydrogen (secondary N) is 1. The lowest BCUT2D eigenvalue weighted by Gasteiger charge is -2.11. The molecular weight excluding hydrogens is 238 g/mol. The van der Waals surface area contributed by atoms with Crippen molar-refractivity contribution in [1.29, 1.82) is 0 Å². The lowest BCUT2D eigenvalue weighted by Crippen LogP contribution is -2.15. The van der Waals surface area contributed by atoms with Gasteiger partial charge in [0.2, 0.25) is 0 Å². The van der Waals surface area contributed by atoms with Gasteiger partial charge in [-0.3, -0.25) is 10.1 Å². The Morgan fingerprint density at radius 2 is 2.53 bits per heavy atom. The van der Waals surface area contributed by atoms with Gasteiger partial charge in [0.1, 0.15) is 12.0 Å². The van der Waals surface area contributed by atoms with Gasteiger partial charge in [-0.25, -0.2) is 4.98 Å². The molecule has 6 heteroatoms. The summed E-state index contributed by atoms with van der Waals surface area (Å²) in [4.78, 5) is 14.3. The Balaban J connectivity index is 1.98. The first-order valence-corrected chi connectivity index (χ1v) is 6.75. The molecule has 1 fully saturated rings. The molecule has 1 atom stereocenters. The molecule has 1 aliphatic rings. The van der Waals surface area contributed by atoms with E-state index in [2.05, 4.69) is 10.3 Å². The van der Waals surface area contributed by atoms with Crippen molar-refractivity contribution in [3.63, 3.8) is 0 Å². The van der Waals surface area contributed by atoms with Crippen LogP contribution in [0.3, 0.4) is 0 Å². The van der Waals surface area contributed by atoms with Gasteiger partial charge in [0.15, 0.2) is 0 Å². The molecule has 1 aliphatic heterocycles. The number of thioether (sulfide) groups is 1. The summed E-state index contributed by atoms with van der Waals surface area (Å²) in [5.41, 5.74) is 0.870. The lowest BCUT2D eigenvalue weighted by molar-refractivity contribution is -0.385. The maximum atomic E-state index is 10.6. The average molecular weight is 253 g/mol. The van der Waals surface area contributed by atoms with Crippen LogP contribution in [0.5, 0.6) is 0 Å². The minimum Gasteiger partial charge on any atom is -0.370 e. The number of hydrogen-bond acceptors (Lipinski definition) is 5. The zero-order valence-corrected chi connectivity index (χ0v) is 10.5. The summed E-state index contributed by atoms with van der Waals surface area (Å²) in [6.45, 7) is 2.74. The Hall–Kier alpha value is -1.30. The van der Waals surface area contributed by atoms with Crippen LogP contribution in [0.25, 0.3) is 0 Å². The molecular formula is C11H15N3O2S. The van der Waals surface area contributed by atoms with Gasteiger partial charge in [0.25, 0.3) is 5.69 Å². The second-order valence-electron chi connectivity index (χ2n) is 4.23. The van der Waals surface area contributed by atoms with Gasteiger partial charge >= 0.3 is 0 Å². The van der Waals surface area contributed by atoms with Gasteiger partial charge in [-0.1, -0.05) is 0 Å². The number of pyridine rings is 1. The van der Waals surface area contributed by atoms with Crippen molar-refractivity contribution in [3.8, 4) is 0 Å². The smallest absolute Gasteiger partial charge is 0.287 e. The zero-order chi connectivity index (χ0) is 12.3. The molecule has 1 unspecified atom stereocenters. The van der Waals surface area contributed by atoms with Gasteiger partial charge in [-0.2, -0.15) is 11.8 Å². The van der Waals surface area contributed by atoms with Gasteiger partial charge < -0.3 is 5.32 Å². The third-order valence-electron chi connectivity index (χ3n) is 2.86. The van der Waals surface area contributed by atoms with Crippen LogP contribution in [0.4, 0.5) is 11.5 Å². The summed E-state index contributed by atoms with van der Waals surface area (Å²) in [5, 5.41) is 13.8. The predicted molar refractivity (Wildman–Crippen MR) is 69.6 cm³/mol. The van der Waals surface area contributed by atoms with E-state index >= 15 is 0 Å². The summed E-state index contributed by atoms with van der Waals surface area (Å²) in [6.07, 6.45) is 2.54. The van der Waals surface area contributed by atoms with Crippen LogP contribution in [0, 0.1) is 23.0 Å². The first kappa shape index (κ1) is 12.2. The van der Waals surface area contributed by atoms with Crippen molar-refractivity contribution >= 4 is 23.3 Å². The Bertz CT molecular complexity index is 419. The Morgan fingerprint density at radius 3 is 3.12 bits per heavy atom. The van der Waals surface area contributed by atoms with Crippen LogP contribution in [0.1, 0.15) is 12.0 Å². The molecule has 0 aromatic carbocycles. The van der Waals surface area contributed by atoms with Crippen LogP contribution in [-0.4, -0.2) is 28.0 Å². The van der Waals surface area contributed by atoms with E-state index in [0.29, 0.717) is 5.92 Å². The highest BCUT2D eigenvalue weighted by molar-refractivity contribution is 7.99. The first-order valence-electron chi connectivity index (χ1n) is 5.59. The molecule has 0 radical (unpaired) electrons. The van der Waals surface area contributed by atoms with Gasteiger partial charge in [0.05, 0.1) is 4.92 Å². The fraction of sp³-hybridized carbons (Fsp3) is 0.545. The SMILES string of the molecule is Cc1cc([N+](=O)[O-])cnc1NCC1CCSC1. The second kappa shape index (κ2) is 5.35. The second-order valence-corrected chi connectivity index (χ2v) is 5.38. The third-order valence-corrected chi connectivity index (χ3v) is 4.09. The minimum absolute atomic E-state index is 0.0458. The van der Waals surface area contributed by atoms with E-state index in [-0.39, 0.29) is 5.69 Å². The minimum atomic E-state index is -0.419. The normalized spacial score (nSPS) is 19.2. The van der Waals surface area contributed by atoms with Gasteiger partial charge in [-0.15, -0.1) is 0 Å². The monoisotopic (exact) mass is 253 g/mol. The topological polar surface area (TPSA) is 68.1 Å². The number of anilines is 1. The number of rotatable bonds is 4. The van der Waals surface area contributed by atoms with E-state index in [0.717, 1.165) is 17.9 Å². The fourth-order valence-corrected chi connectivity index (χ4v) is 3.11. The van der Waals surface area contributed by atoms with Crippen LogP contribution >= 0.6 is 11.8 Å². The number of aromatic nitrogens is 1. The molecule has 2 rings (SSSR count). The Labute approximate surface area is 104 Å². The summed E-state index contributed by atoms with van der Waals surface area (Å²) < 4.78 is 0. The summed E-state index contributed by atoms with van der Waals surface area (Å²) in [6, 6.07) is 1.55. The highest BCUT2D eigenvalue weighted by Crippen LogP contribution is 2.24. The molecule has 1 aromatic rings. The van der Waals surface area contributed by atoms with Gasteiger partial charge in [0, 0.05) is 12.6 Å². The highest BCUT2D eigenvalue weighted by atomic mass is 32.2.